The summed E-state index contributed by atoms with van der Waals surface area (Å²) in [7, 11) is 0. The minimum Gasteiger partial charge on any atom is -0.274 e. The molecule has 0 aromatic rings. The SMILES string of the molecule is CC(C)CCC[C@@H](C)[C@H]1CCC2[C@@H]3CCC4N(Cl)C(=O)CC[C@]4(C)C3CC[C@@]21C. The summed E-state index contributed by atoms with van der Waals surface area (Å²) in [6, 6.07) is 0.267. The predicted octanol–water partition coefficient (Wildman–Crippen LogP) is 7.45. The Labute approximate surface area is 184 Å². The van der Waals surface area contributed by atoms with E-state index in [1.54, 1.807) is 4.42 Å². The highest BCUT2D eigenvalue weighted by atomic mass is 35.5. The summed E-state index contributed by atoms with van der Waals surface area (Å²) in [6.45, 7) is 12.4. The van der Waals surface area contributed by atoms with Gasteiger partial charge in [-0.15, -0.1) is 0 Å². The van der Waals surface area contributed by atoms with Gasteiger partial charge >= 0.3 is 0 Å². The molecule has 0 aromatic heterocycles. The van der Waals surface area contributed by atoms with Crippen LogP contribution in [0.15, 0.2) is 0 Å². The third kappa shape index (κ3) is 3.58. The Bertz CT molecular complexity index is 620. The van der Waals surface area contributed by atoms with Crippen LogP contribution in [0.5, 0.6) is 0 Å². The number of hydrogen-bond donors (Lipinski definition) is 0. The second-order valence-electron chi connectivity index (χ2n) is 12.2. The molecule has 166 valence electrons. The van der Waals surface area contributed by atoms with Gasteiger partial charge in [0.15, 0.2) is 0 Å². The highest BCUT2D eigenvalue weighted by molar-refractivity contribution is 6.21. The fraction of sp³-hybridized carbons (Fsp3) is 0.962. The van der Waals surface area contributed by atoms with Gasteiger partial charge in [0.1, 0.15) is 0 Å². The lowest BCUT2D eigenvalue weighted by molar-refractivity contribution is -0.150. The number of fused-ring (bicyclic) bond motifs is 5. The van der Waals surface area contributed by atoms with Crippen molar-refractivity contribution in [2.75, 3.05) is 0 Å². The standard InChI is InChI=1S/C26H44ClNO/c1-17(2)7-6-8-18(3)20-10-11-21-19-9-12-23-26(5,16-14-24(29)28(23)27)22(19)13-15-25(20,21)4/h17-23H,6-16H2,1-5H3/t18-,19+,20-,21?,22?,23?,25-,26-/m1/s1. The average Bonchev–Trinajstić information content (AvgIpc) is 3.02. The number of carbonyl (C=O) groups is 1. The largest absolute Gasteiger partial charge is 0.274 e. The first kappa shape index (κ1) is 22.0. The molecule has 1 saturated heterocycles. The predicted molar refractivity (Wildman–Crippen MR) is 121 cm³/mol. The minimum absolute atomic E-state index is 0.157. The topological polar surface area (TPSA) is 20.3 Å². The van der Waals surface area contributed by atoms with Gasteiger partial charge in [0.2, 0.25) is 5.91 Å². The zero-order valence-corrected chi connectivity index (χ0v) is 20.3. The molecule has 4 aliphatic rings. The van der Waals surface area contributed by atoms with Crippen LogP contribution >= 0.6 is 11.8 Å². The van der Waals surface area contributed by atoms with Crippen molar-refractivity contribution in [3.63, 3.8) is 0 Å². The highest BCUT2D eigenvalue weighted by Crippen LogP contribution is 2.67. The molecule has 29 heavy (non-hydrogen) atoms. The summed E-state index contributed by atoms with van der Waals surface area (Å²) >= 11 is 6.52. The Hall–Kier alpha value is -0.240. The van der Waals surface area contributed by atoms with E-state index in [0.29, 0.717) is 11.8 Å². The van der Waals surface area contributed by atoms with Gasteiger partial charge < -0.3 is 0 Å². The summed E-state index contributed by atoms with van der Waals surface area (Å²) in [5.41, 5.74) is 0.785. The maximum absolute atomic E-state index is 12.2. The molecule has 1 aliphatic heterocycles. The van der Waals surface area contributed by atoms with Crippen molar-refractivity contribution < 1.29 is 4.79 Å². The molecule has 0 bridgehead atoms. The van der Waals surface area contributed by atoms with Gasteiger partial charge in [0, 0.05) is 18.2 Å². The van der Waals surface area contributed by atoms with Gasteiger partial charge in [-0.3, -0.25) is 9.21 Å². The molecule has 8 atom stereocenters. The normalized spacial score (nSPS) is 45.7. The van der Waals surface area contributed by atoms with Gasteiger partial charge in [-0.25, -0.2) is 0 Å². The molecular formula is C26H44ClNO. The van der Waals surface area contributed by atoms with E-state index in [-0.39, 0.29) is 17.4 Å². The maximum atomic E-state index is 12.2. The lowest BCUT2D eigenvalue weighted by Crippen LogP contribution is -2.60. The van der Waals surface area contributed by atoms with E-state index in [2.05, 4.69) is 34.6 Å². The zero-order chi connectivity index (χ0) is 21.0. The van der Waals surface area contributed by atoms with Crippen molar-refractivity contribution in [1.29, 1.82) is 0 Å². The number of rotatable bonds is 5. The summed E-state index contributed by atoms with van der Waals surface area (Å²) in [5.74, 6) is 5.32. The third-order valence-corrected chi connectivity index (χ3v) is 10.8. The van der Waals surface area contributed by atoms with Crippen LogP contribution in [-0.4, -0.2) is 16.4 Å². The number of amides is 1. The second kappa shape index (κ2) is 8.03. The monoisotopic (exact) mass is 421 g/mol. The van der Waals surface area contributed by atoms with E-state index >= 15 is 0 Å². The Balaban J connectivity index is 1.48. The molecule has 1 amide bonds. The van der Waals surface area contributed by atoms with E-state index in [1.807, 2.05) is 0 Å². The van der Waals surface area contributed by atoms with Crippen LogP contribution in [0.1, 0.15) is 105 Å². The lowest BCUT2D eigenvalue weighted by atomic mass is 9.46. The van der Waals surface area contributed by atoms with E-state index < -0.39 is 0 Å². The van der Waals surface area contributed by atoms with Crippen molar-refractivity contribution in [2.24, 2.45) is 46.3 Å². The summed E-state index contributed by atoms with van der Waals surface area (Å²) < 4.78 is 1.61. The smallest absolute Gasteiger partial charge is 0.237 e. The summed E-state index contributed by atoms with van der Waals surface area (Å²) in [5, 5.41) is 0. The first-order chi connectivity index (χ1) is 13.7. The van der Waals surface area contributed by atoms with Crippen molar-refractivity contribution in [3.8, 4) is 0 Å². The van der Waals surface area contributed by atoms with Crippen LogP contribution in [0.2, 0.25) is 0 Å². The quantitative estimate of drug-likeness (QED) is 0.422. The van der Waals surface area contributed by atoms with Crippen LogP contribution in [-0.2, 0) is 4.79 Å². The Morgan fingerprint density at radius 2 is 1.69 bits per heavy atom. The molecule has 1 heterocycles. The number of piperidine rings is 1. The number of hydrogen-bond acceptors (Lipinski definition) is 1. The Kier molecular flexibility index (Phi) is 6.08. The first-order valence-corrected chi connectivity index (χ1v) is 13.0. The van der Waals surface area contributed by atoms with Crippen molar-refractivity contribution in [1.82, 2.24) is 4.42 Å². The zero-order valence-electron chi connectivity index (χ0n) is 19.6. The lowest BCUT2D eigenvalue weighted by Gasteiger charge is -2.61. The molecular weight excluding hydrogens is 378 g/mol. The molecule has 3 saturated carbocycles. The van der Waals surface area contributed by atoms with Crippen LogP contribution in [0.4, 0.5) is 0 Å². The van der Waals surface area contributed by atoms with Crippen LogP contribution in [0.3, 0.4) is 0 Å². The van der Waals surface area contributed by atoms with Gasteiger partial charge in [-0.05, 0) is 91.3 Å². The van der Waals surface area contributed by atoms with Crippen LogP contribution in [0, 0.1) is 46.3 Å². The number of halogens is 1. The fourth-order valence-electron chi connectivity index (χ4n) is 8.84. The van der Waals surface area contributed by atoms with E-state index in [4.69, 9.17) is 11.8 Å². The fourth-order valence-corrected chi connectivity index (χ4v) is 9.25. The number of carbonyl (C=O) groups excluding carboxylic acids is 1. The van der Waals surface area contributed by atoms with Crippen molar-refractivity contribution in [2.45, 2.75) is 111 Å². The molecule has 0 N–H and O–H groups in total. The van der Waals surface area contributed by atoms with Gasteiger partial charge in [-0.1, -0.05) is 53.9 Å². The molecule has 3 heteroatoms. The van der Waals surface area contributed by atoms with E-state index in [0.717, 1.165) is 48.3 Å². The highest BCUT2D eigenvalue weighted by Gasteiger charge is 2.61. The minimum atomic E-state index is 0.157. The molecule has 3 unspecified atom stereocenters. The Morgan fingerprint density at radius 1 is 0.966 bits per heavy atom. The average molecular weight is 422 g/mol. The molecule has 2 nitrogen and oxygen atoms in total. The first-order valence-electron chi connectivity index (χ1n) is 12.7. The maximum Gasteiger partial charge on any atom is 0.237 e. The molecule has 0 aromatic carbocycles. The van der Waals surface area contributed by atoms with Crippen molar-refractivity contribution in [3.05, 3.63) is 0 Å². The van der Waals surface area contributed by atoms with E-state index in [9.17, 15) is 4.79 Å². The number of nitrogens with zero attached hydrogens (tertiary/aromatic N) is 1. The van der Waals surface area contributed by atoms with Crippen molar-refractivity contribution >= 4 is 17.7 Å². The van der Waals surface area contributed by atoms with Gasteiger partial charge in [0.25, 0.3) is 0 Å². The second-order valence-corrected chi connectivity index (χ2v) is 12.6. The molecule has 4 rings (SSSR count). The summed E-state index contributed by atoms with van der Waals surface area (Å²) in [4.78, 5) is 12.2. The molecule has 0 radical (unpaired) electrons. The van der Waals surface area contributed by atoms with Gasteiger partial charge in [-0.2, -0.15) is 0 Å². The van der Waals surface area contributed by atoms with Crippen LogP contribution < -0.4 is 0 Å². The van der Waals surface area contributed by atoms with Gasteiger partial charge in [0.05, 0.1) is 6.04 Å². The summed E-state index contributed by atoms with van der Waals surface area (Å²) in [6.07, 6.45) is 14.0. The van der Waals surface area contributed by atoms with Crippen LogP contribution in [0.25, 0.3) is 0 Å². The molecule has 3 aliphatic carbocycles. The molecule has 0 spiro atoms. The third-order valence-electron chi connectivity index (χ3n) is 10.4. The van der Waals surface area contributed by atoms with E-state index in [1.165, 1.54) is 51.4 Å². The Morgan fingerprint density at radius 3 is 2.41 bits per heavy atom. The molecule has 4 fully saturated rings.